The third-order valence-electron chi connectivity index (χ3n) is 3.84. The van der Waals surface area contributed by atoms with Gasteiger partial charge in [-0.05, 0) is 44.9 Å². The minimum Gasteiger partial charge on any atom is -0.444 e. The molecule has 128 valence electrons. The second-order valence-corrected chi connectivity index (χ2v) is 6.93. The largest absolute Gasteiger partial charge is 0.444 e. The number of nitrogens with two attached hydrogens (primary N) is 1. The molecule has 0 spiro atoms. The van der Waals surface area contributed by atoms with Crippen LogP contribution in [-0.2, 0) is 4.74 Å². The van der Waals surface area contributed by atoms with Crippen molar-refractivity contribution in [3.05, 3.63) is 35.6 Å². The van der Waals surface area contributed by atoms with Crippen molar-refractivity contribution >= 4 is 6.09 Å². The third-order valence-corrected chi connectivity index (χ3v) is 3.84. The molecule has 1 aromatic carbocycles. The summed E-state index contributed by atoms with van der Waals surface area (Å²) in [5.74, 6) is -0.261. The van der Waals surface area contributed by atoms with Crippen LogP contribution in [0.3, 0.4) is 0 Å². The standard InChI is InChI=1S/C17H26FN3O2/c1-17(2,3)23-16(22)20-14-7-8-21(11-14)15(10-19)12-5-4-6-13(18)9-12/h4-6,9,14-15H,7-8,10-11,19H2,1-3H3,(H,20,22)/t14-,15+/m1/s1. The molecule has 0 radical (unpaired) electrons. The number of ether oxygens (including phenoxy) is 1. The molecule has 3 N–H and O–H groups in total. The van der Waals surface area contributed by atoms with E-state index in [1.165, 1.54) is 12.1 Å². The maximum absolute atomic E-state index is 13.4. The van der Waals surface area contributed by atoms with Gasteiger partial charge >= 0.3 is 6.09 Å². The van der Waals surface area contributed by atoms with E-state index in [1.807, 2.05) is 26.8 Å². The van der Waals surface area contributed by atoms with Gasteiger partial charge in [0.15, 0.2) is 0 Å². The zero-order valence-electron chi connectivity index (χ0n) is 14.0. The smallest absolute Gasteiger partial charge is 0.407 e. The summed E-state index contributed by atoms with van der Waals surface area (Å²) in [6.45, 7) is 7.39. The highest BCUT2D eigenvalue weighted by Gasteiger charge is 2.30. The van der Waals surface area contributed by atoms with Crippen LogP contribution in [-0.4, -0.2) is 42.3 Å². The van der Waals surface area contributed by atoms with Crippen molar-refractivity contribution in [2.75, 3.05) is 19.6 Å². The highest BCUT2D eigenvalue weighted by atomic mass is 19.1. The van der Waals surface area contributed by atoms with E-state index in [9.17, 15) is 9.18 Å². The number of rotatable bonds is 4. The van der Waals surface area contributed by atoms with Crippen LogP contribution in [0.1, 0.15) is 38.8 Å². The maximum atomic E-state index is 13.4. The Bertz CT molecular complexity index is 545. The monoisotopic (exact) mass is 323 g/mol. The second kappa shape index (κ2) is 7.27. The summed E-state index contributed by atoms with van der Waals surface area (Å²) in [6, 6.07) is 6.50. The van der Waals surface area contributed by atoms with Gasteiger partial charge < -0.3 is 15.8 Å². The predicted octanol–water partition coefficient (Wildman–Crippen LogP) is 2.42. The van der Waals surface area contributed by atoms with Crippen LogP contribution >= 0.6 is 0 Å². The summed E-state index contributed by atoms with van der Waals surface area (Å²) in [6.07, 6.45) is 0.421. The molecule has 1 amide bonds. The van der Waals surface area contributed by atoms with Gasteiger partial charge in [-0.2, -0.15) is 0 Å². The van der Waals surface area contributed by atoms with Crippen molar-refractivity contribution < 1.29 is 13.9 Å². The molecule has 1 aliphatic rings. The van der Waals surface area contributed by atoms with Gasteiger partial charge in [0.05, 0.1) is 0 Å². The van der Waals surface area contributed by atoms with E-state index >= 15 is 0 Å². The Kier molecular flexibility index (Phi) is 5.59. The molecule has 1 fully saturated rings. The van der Waals surface area contributed by atoms with Gasteiger partial charge in [-0.1, -0.05) is 12.1 Å². The molecule has 1 aromatic rings. The predicted molar refractivity (Wildman–Crippen MR) is 87.5 cm³/mol. The van der Waals surface area contributed by atoms with Crippen molar-refractivity contribution in [1.29, 1.82) is 0 Å². The molecule has 0 bridgehead atoms. The van der Waals surface area contributed by atoms with Crippen LogP contribution in [0.15, 0.2) is 24.3 Å². The SMILES string of the molecule is CC(C)(C)OC(=O)N[C@@H]1CCN([C@@H](CN)c2cccc(F)c2)C1. The number of nitrogens with zero attached hydrogens (tertiary/aromatic N) is 1. The van der Waals surface area contributed by atoms with Gasteiger partial charge in [0.1, 0.15) is 11.4 Å². The molecule has 5 nitrogen and oxygen atoms in total. The van der Waals surface area contributed by atoms with E-state index < -0.39 is 11.7 Å². The zero-order valence-corrected chi connectivity index (χ0v) is 14.0. The summed E-state index contributed by atoms with van der Waals surface area (Å²) in [5.41, 5.74) is 6.24. The quantitative estimate of drug-likeness (QED) is 0.893. The number of nitrogens with one attached hydrogen (secondary N) is 1. The minimum atomic E-state index is -0.510. The van der Waals surface area contributed by atoms with E-state index in [0.717, 1.165) is 18.5 Å². The Morgan fingerprint density at radius 1 is 1.52 bits per heavy atom. The minimum absolute atomic E-state index is 0.0208. The molecule has 1 heterocycles. The summed E-state index contributed by atoms with van der Waals surface area (Å²) >= 11 is 0. The molecule has 0 aromatic heterocycles. The van der Waals surface area contributed by atoms with Gasteiger partial charge in [0.25, 0.3) is 0 Å². The molecule has 2 rings (SSSR count). The summed E-state index contributed by atoms with van der Waals surface area (Å²) < 4.78 is 18.7. The number of carbonyl (C=O) groups excluding carboxylic acids is 1. The third kappa shape index (κ3) is 5.18. The van der Waals surface area contributed by atoms with E-state index in [-0.39, 0.29) is 17.9 Å². The molecule has 0 saturated carbocycles. The molecule has 6 heteroatoms. The van der Waals surface area contributed by atoms with Crippen LogP contribution in [0.4, 0.5) is 9.18 Å². The molecule has 23 heavy (non-hydrogen) atoms. The van der Waals surface area contributed by atoms with E-state index in [1.54, 1.807) is 6.07 Å². The normalized spacial score (nSPS) is 20.3. The number of likely N-dealkylation sites (tertiary alicyclic amines) is 1. The van der Waals surface area contributed by atoms with E-state index in [0.29, 0.717) is 13.1 Å². The lowest BCUT2D eigenvalue weighted by Crippen LogP contribution is -2.41. The number of amides is 1. The van der Waals surface area contributed by atoms with E-state index in [4.69, 9.17) is 10.5 Å². The van der Waals surface area contributed by atoms with Crippen molar-refractivity contribution in [2.24, 2.45) is 5.73 Å². The first-order valence-corrected chi connectivity index (χ1v) is 7.97. The highest BCUT2D eigenvalue weighted by molar-refractivity contribution is 5.68. The lowest BCUT2D eigenvalue weighted by Gasteiger charge is -2.27. The molecular formula is C17H26FN3O2. The van der Waals surface area contributed by atoms with Gasteiger partial charge in [-0.15, -0.1) is 0 Å². The van der Waals surface area contributed by atoms with Gasteiger partial charge in [0, 0.05) is 31.7 Å². The van der Waals surface area contributed by atoms with Crippen LogP contribution in [0.5, 0.6) is 0 Å². The first kappa shape index (κ1) is 17.7. The molecule has 1 saturated heterocycles. The Labute approximate surface area is 137 Å². The van der Waals surface area contributed by atoms with Crippen LogP contribution in [0.25, 0.3) is 0 Å². The van der Waals surface area contributed by atoms with Crippen molar-refractivity contribution in [2.45, 2.75) is 44.9 Å². The van der Waals surface area contributed by atoms with Crippen LogP contribution < -0.4 is 11.1 Å². The Balaban J connectivity index is 1.94. The first-order valence-electron chi connectivity index (χ1n) is 7.97. The van der Waals surface area contributed by atoms with Crippen molar-refractivity contribution in [3.63, 3.8) is 0 Å². The molecule has 0 unspecified atom stereocenters. The zero-order chi connectivity index (χ0) is 17.0. The lowest BCUT2D eigenvalue weighted by atomic mass is 10.1. The van der Waals surface area contributed by atoms with Gasteiger partial charge in [0.2, 0.25) is 0 Å². The average Bonchev–Trinajstić information content (AvgIpc) is 2.85. The maximum Gasteiger partial charge on any atom is 0.407 e. The molecule has 1 aliphatic heterocycles. The molecule has 2 atom stereocenters. The Hall–Kier alpha value is -1.66. The molecule has 0 aliphatic carbocycles. The average molecular weight is 323 g/mol. The second-order valence-electron chi connectivity index (χ2n) is 6.93. The lowest BCUT2D eigenvalue weighted by molar-refractivity contribution is 0.0504. The van der Waals surface area contributed by atoms with Gasteiger partial charge in [-0.3, -0.25) is 4.90 Å². The summed E-state index contributed by atoms with van der Waals surface area (Å²) in [4.78, 5) is 14.0. The number of benzene rings is 1. The van der Waals surface area contributed by atoms with Gasteiger partial charge in [-0.25, -0.2) is 9.18 Å². The number of hydrogen-bond acceptors (Lipinski definition) is 4. The fourth-order valence-corrected chi connectivity index (χ4v) is 2.87. The fraction of sp³-hybridized carbons (Fsp3) is 0.588. The number of alkyl carbamates (subject to hydrolysis) is 1. The van der Waals surface area contributed by atoms with Crippen molar-refractivity contribution in [3.8, 4) is 0 Å². The summed E-state index contributed by atoms with van der Waals surface area (Å²) in [5, 5.41) is 2.89. The van der Waals surface area contributed by atoms with Crippen LogP contribution in [0.2, 0.25) is 0 Å². The Morgan fingerprint density at radius 2 is 2.26 bits per heavy atom. The van der Waals surface area contributed by atoms with E-state index in [2.05, 4.69) is 10.2 Å². The number of carbonyl (C=O) groups is 1. The topological polar surface area (TPSA) is 67.6 Å². The van der Waals surface area contributed by atoms with Crippen molar-refractivity contribution in [1.82, 2.24) is 10.2 Å². The number of halogens is 1. The molecular weight excluding hydrogens is 297 g/mol. The fourth-order valence-electron chi connectivity index (χ4n) is 2.87. The highest BCUT2D eigenvalue weighted by Crippen LogP contribution is 2.25. The summed E-state index contributed by atoms with van der Waals surface area (Å²) in [7, 11) is 0. The number of hydrogen-bond donors (Lipinski definition) is 2. The van der Waals surface area contributed by atoms with Crippen LogP contribution in [0, 0.1) is 5.82 Å². The Morgan fingerprint density at radius 3 is 2.87 bits per heavy atom. The first-order chi connectivity index (χ1) is 10.8.